The van der Waals surface area contributed by atoms with Crippen LogP contribution in [0.4, 0.5) is 19.0 Å². The largest absolute Gasteiger partial charge is 0.508 e. The molecule has 0 radical (unpaired) electrons. The topological polar surface area (TPSA) is 95.9 Å². The summed E-state index contributed by atoms with van der Waals surface area (Å²) in [6.45, 7) is 4.21. The minimum Gasteiger partial charge on any atom is -0.508 e. The Hall–Kier alpha value is -3.90. The van der Waals surface area contributed by atoms with Crippen LogP contribution in [0.1, 0.15) is 44.6 Å². The first-order valence-electron chi connectivity index (χ1n) is 16.3. The first-order chi connectivity index (χ1) is 22.3. The number of pyridine rings is 1. The molecule has 4 saturated heterocycles. The zero-order chi connectivity index (χ0) is 31.3. The van der Waals surface area contributed by atoms with Gasteiger partial charge in [-0.2, -0.15) is 9.97 Å². The van der Waals surface area contributed by atoms with Gasteiger partial charge in [-0.25, -0.2) is 18.2 Å². The number of nitrogens with one attached hydrogen (secondary N) is 1. The summed E-state index contributed by atoms with van der Waals surface area (Å²) in [6.07, 6.45) is 3.62. The first-order valence-corrected chi connectivity index (χ1v) is 16.3. The number of piperazine rings is 1. The number of anilines is 1. The van der Waals surface area contributed by atoms with E-state index in [2.05, 4.69) is 20.1 Å². The van der Waals surface area contributed by atoms with Crippen molar-refractivity contribution in [3.05, 3.63) is 41.5 Å². The Kier molecular flexibility index (Phi) is 6.34. The predicted octanol–water partition coefficient (Wildman–Crippen LogP) is 5.05. The maximum Gasteiger partial charge on any atom is 0.319 e. The van der Waals surface area contributed by atoms with Crippen molar-refractivity contribution in [2.45, 2.75) is 75.3 Å². The Labute approximate surface area is 263 Å². The smallest absolute Gasteiger partial charge is 0.319 e. The predicted molar refractivity (Wildman–Crippen MR) is 166 cm³/mol. The standard InChI is InChI=1S/C34H35F3N6O3/c1-2-21-23(36)6-4-17-10-20(44)11-22(26(17)21)29-28(37)30-27-31(43-14-19-5-7-24(38-19)25(43)15-45-32(27)39-29)41-33(40-30)46-16-34-8-3-9-42(34)13-18(35)12-34/h4,6,10-11,18-19,24-25,38,44H,2-3,5,7-9,12-16H2,1H3/t18-,19?,24?,25-,34-/m1/s1. The molecule has 0 spiro atoms. The number of benzene rings is 2. The molecule has 46 heavy (non-hydrogen) atoms. The molecule has 9 rings (SSSR count). The van der Waals surface area contributed by atoms with Crippen molar-refractivity contribution in [3.8, 4) is 28.9 Å². The van der Waals surface area contributed by atoms with Gasteiger partial charge in [-0.3, -0.25) is 4.90 Å². The number of phenols is 1. The molecule has 7 heterocycles. The molecule has 2 unspecified atom stereocenters. The molecule has 5 aliphatic rings. The van der Waals surface area contributed by atoms with Crippen LogP contribution < -0.4 is 19.7 Å². The zero-order valence-corrected chi connectivity index (χ0v) is 25.5. The van der Waals surface area contributed by atoms with Gasteiger partial charge in [0.1, 0.15) is 53.4 Å². The molecule has 4 fully saturated rings. The number of halogens is 3. The van der Waals surface area contributed by atoms with Crippen LogP contribution in [0, 0.1) is 11.6 Å². The third-order valence-corrected chi connectivity index (χ3v) is 10.9. The summed E-state index contributed by atoms with van der Waals surface area (Å²) in [7, 11) is 0. The molecule has 0 saturated carbocycles. The van der Waals surface area contributed by atoms with Gasteiger partial charge in [-0.1, -0.05) is 13.0 Å². The lowest BCUT2D eigenvalue weighted by atomic mass is 9.94. The monoisotopic (exact) mass is 632 g/mol. The number of hydrogen-bond acceptors (Lipinski definition) is 9. The van der Waals surface area contributed by atoms with Crippen molar-refractivity contribution < 1.29 is 27.8 Å². The Morgan fingerprint density at radius 1 is 1.13 bits per heavy atom. The van der Waals surface area contributed by atoms with Crippen LogP contribution in [0.2, 0.25) is 0 Å². The quantitative estimate of drug-likeness (QED) is 0.314. The Morgan fingerprint density at radius 3 is 2.89 bits per heavy atom. The normalized spacial score (nSPS) is 28.4. The van der Waals surface area contributed by atoms with Crippen LogP contribution in [-0.2, 0) is 6.42 Å². The highest BCUT2D eigenvalue weighted by molar-refractivity contribution is 6.03. The number of fused-ring (bicyclic) bond motifs is 7. The van der Waals surface area contributed by atoms with Crippen LogP contribution in [-0.4, -0.2) is 87.6 Å². The lowest BCUT2D eigenvalue weighted by Crippen LogP contribution is -2.60. The number of alkyl halides is 1. The van der Waals surface area contributed by atoms with E-state index in [0.29, 0.717) is 60.1 Å². The fraction of sp³-hybridized carbons (Fsp3) is 0.500. The molecule has 2 bridgehead atoms. The SMILES string of the molecule is CCc1c(F)ccc2cc(O)cc(-c3nc4c5c(nc(OC[C@]67CCCN6C[C@H](F)C7)nc5c3F)N3CC5CCC(N5)[C@H]3CO4)c12. The summed E-state index contributed by atoms with van der Waals surface area (Å²) >= 11 is 0. The van der Waals surface area contributed by atoms with E-state index in [4.69, 9.17) is 19.4 Å². The highest BCUT2D eigenvalue weighted by atomic mass is 19.1. The molecule has 0 amide bonds. The maximum atomic E-state index is 17.1. The summed E-state index contributed by atoms with van der Waals surface area (Å²) in [5, 5.41) is 15.8. The van der Waals surface area contributed by atoms with E-state index >= 15 is 8.78 Å². The van der Waals surface area contributed by atoms with Crippen molar-refractivity contribution in [2.24, 2.45) is 0 Å². The van der Waals surface area contributed by atoms with Crippen molar-refractivity contribution >= 4 is 27.5 Å². The molecule has 4 aromatic rings. The van der Waals surface area contributed by atoms with E-state index < -0.39 is 23.3 Å². The number of ether oxygens (including phenoxy) is 2. The Bertz CT molecular complexity index is 1910. The minimum absolute atomic E-state index is 0.0145. The molecule has 2 aromatic carbocycles. The maximum absolute atomic E-state index is 17.1. The molecule has 240 valence electrons. The third kappa shape index (κ3) is 4.18. The average Bonchev–Trinajstić information content (AvgIpc) is 3.68. The second-order valence-corrected chi connectivity index (χ2v) is 13.5. The van der Waals surface area contributed by atoms with E-state index in [1.807, 2.05) is 6.92 Å². The van der Waals surface area contributed by atoms with Gasteiger partial charge >= 0.3 is 6.01 Å². The van der Waals surface area contributed by atoms with Crippen LogP contribution in [0.3, 0.4) is 0 Å². The van der Waals surface area contributed by atoms with E-state index in [1.54, 1.807) is 6.07 Å². The van der Waals surface area contributed by atoms with Gasteiger partial charge in [-0.05, 0) is 73.2 Å². The van der Waals surface area contributed by atoms with Crippen molar-refractivity contribution in [1.29, 1.82) is 0 Å². The highest BCUT2D eigenvalue weighted by Crippen LogP contribution is 2.45. The number of aryl methyl sites for hydroxylation is 1. The second kappa shape index (κ2) is 10.3. The molecular formula is C34H35F3N6O3. The molecule has 0 aliphatic carbocycles. The van der Waals surface area contributed by atoms with Gasteiger partial charge in [-0.15, -0.1) is 0 Å². The van der Waals surface area contributed by atoms with Crippen LogP contribution >= 0.6 is 0 Å². The number of aromatic nitrogens is 3. The van der Waals surface area contributed by atoms with Crippen LogP contribution in [0.25, 0.3) is 32.9 Å². The number of phenolic OH excluding ortho intramolecular Hbond substituents is 1. The first kappa shape index (κ1) is 28.3. The van der Waals surface area contributed by atoms with Gasteiger partial charge in [0.2, 0.25) is 5.88 Å². The summed E-state index contributed by atoms with van der Waals surface area (Å²) in [5.74, 6) is -0.568. The third-order valence-electron chi connectivity index (χ3n) is 10.9. The number of hydrogen-bond donors (Lipinski definition) is 2. The van der Waals surface area contributed by atoms with E-state index in [0.717, 1.165) is 32.2 Å². The number of rotatable bonds is 5. The minimum atomic E-state index is -0.913. The fourth-order valence-corrected chi connectivity index (χ4v) is 8.84. The van der Waals surface area contributed by atoms with Crippen LogP contribution in [0.15, 0.2) is 24.3 Å². The molecule has 5 aliphatic heterocycles. The molecule has 2 aromatic heterocycles. The van der Waals surface area contributed by atoms with E-state index in [1.165, 1.54) is 18.2 Å². The second-order valence-electron chi connectivity index (χ2n) is 13.5. The van der Waals surface area contributed by atoms with Gasteiger partial charge < -0.3 is 24.8 Å². The van der Waals surface area contributed by atoms with Gasteiger partial charge in [0.25, 0.3) is 0 Å². The Morgan fingerprint density at radius 2 is 2.02 bits per heavy atom. The summed E-state index contributed by atoms with van der Waals surface area (Å²) < 4.78 is 59.3. The molecule has 2 N–H and O–H groups in total. The lowest BCUT2D eigenvalue weighted by Gasteiger charge is -2.40. The van der Waals surface area contributed by atoms with Crippen molar-refractivity contribution in [1.82, 2.24) is 25.2 Å². The van der Waals surface area contributed by atoms with Gasteiger partial charge in [0.15, 0.2) is 5.82 Å². The Balaban J connectivity index is 1.24. The van der Waals surface area contributed by atoms with Crippen molar-refractivity contribution in [3.63, 3.8) is 0 Å². The van der Waals surface area contributed by atoms with E-state index in [-0.39, 0.29) is 59.1 Å². The fourth-order valence-electron chi connectivity index (χ4n) is 8.84. The average molecular weight is 633 g/mol. The summed E-state index contributed by atoms with van der Waals surface area (Å²) in [4.78, 5) is 18.6. The summed E-state index contributed by atoms with van der Waals surface area (Å²) in [6, 6.07) is 6.25. The van der Waals surface area contributed by atoms with Crippen molar-refractivity contribution in [2.75, 3.05) is 37.7 Å². The molecular weight excluding hydrogens is 597 g/mol. The van der Waals surface area contributed by atoms with E-state index in [9.17, 15) is 9.50 Å². The molecule has 12 heteroatoms. The molecule has 9 nitrogen and oxygen atoms in total. The van der Waals surface area contributed by atoms with Gasteiger partial charge in [0.05, 0.1) is 11.6 Å². The lowest BCUT2D eigenvalue weighted by molar-refractivity contribution is 0.107. The summed E-state index contributed by atoms with van der Waals surface area (Å²) in [5.41, 5.74) is 0.0926. The zero-order valence-electron chi connectivity index (χ0n) is 25.5. The number of aromatic hydroxyl groups is 1. The number of nitrogens with zero attached hydrogens (tertiary/aromatic N) is 5. The van der Waals surface area contributed by atoms with Crippen LogP contribution in [0.5, 0.6) is 17.6 Å². The highest BCUT2D eigenvalue weighted by Gasteiger charge is 2.50. The van der Waals surface area contributed by atoms with Gasteiger partial charge in [0, 0.05) is 37.2 Å². The molecule has 5 atom stereocenters.